The van der Waals surface area contributed by atoms with Crippen molar-refractivity contribution in [1.82, 2.24) is 4.90 Å². The van der Waals surface area contributed by atoms with Gasteiger partial charge in [-0.05, 0) is 56.5 Å². The number of phenolic OH excluding ortho intramolecular Hbond substituents is 1. The number of likely N-dealkylation sites (N-methyl/N-ethyl adjacent to an activating group) is 1. The SMILES string of the molecule is CN(C)[C@H]1C(O)=C(C(N)=O)C(=O)[C@]2(O)C(O)=C3C(=O)c4c(O)ccc(C5CCOC5)c4C[C@@H]3C[C@H]12. The van der Waals surface area contributed by atoms with Crippen LogP contribution in [-0.4, -0.2) is 81.8 Å². The van der Waals surface area contributed by atoms with Gasteiger partial charge in [0.1, 0.15) is 22.8 Å². The molecule has 4 aliphatic rings. The lowest BCUT2D eigenvalue weighted by Gasteiger charge is -2.50. The molecular weight excluding hydrogens is 456 g/mol. The molecule has 10 heteroatoms. The molecule has 1 unspecified atom stereocenters. The quantitative estimate of drug-likeness (QED) is 0.386. The van der Waals surface area contributed by atoms with Gasteiger partial charge in [0.2, 0.25) is 5.78 Å². The Hall–Kier alpha value is -3.21. The number of hydrogen-bond donors (Lipinski definition) is 5. The van der Waals surface area contributed by atoms with Gasteiger partial charge in [0.25, 0.3) is 5.91 Å². The van der Waals surface area contributed by atoms with Crippen molar-refractivity contribution >= 4 is 17.5 Å². The number of hydrogen-bond acceptors (Lipinski definition) is 9. The smallest absolute Gasteiger partial charge is 0.255 e. The highest BCUT2D eigenvalue weighted by atomic mass is 16.5. The molecule has 3 aliphatic carbocycles. The Labute approximate surface area is 201 Å². The topological polar surface area (TPSA) is 171 Å². The standard InChI is InChI=1S/C25H28N2O8/c1-27(2)19-14-8-11-7-13-12(10-5-6-35-9-10)3-4-15(28)17(13)20(29)16(11)22(31)25(14,34)23(32)18(21(19)30)24(26)33/h3-4,10-11,14,19,28,30-31,34H,5-9H2,1-2H3,(H2,26,33)/t10?,11-,14-,19-,25-/m1/s1. The molecule has 35 heavy (non-hydrogen) atoms. The van der Waals surface area contributed by atoms with Crippen LogP contribution in [0.5, 0.6) is 5.75 Å². The van der Waals surface area contributed by atoms with E-state index in [-0.39, 0.29) is 35.6 Å². The highest BCUT2D eigenvalue weighted by molar-refractivity contribution is 6.24. The third-order valence-electron chi connectivity index (χ3n) is 8.01. The van der Waals surface area contributed by atoms with Crippen molar-refractivity contribution in [2.75, 3.05) is 27.3 Å². The molecular formula is C25H28N2O8. The van der Waals surface area contributed by atoms with Crippen LogP contribution in [-0.2, 0) is 20.7 Å². The number of nitrogens with zero attached hydrogens (tertiary/aromatic N) is 1. The lowest BCUT2D eigenvalue weighted by Crippen LogP contribution is -2.63. The number of benzene rings is 1. The summed E-state index contributed by atoms with van der Waals surface area (Å²) >= 11 is 0. The summed E-state index contributed by atoms with van der Waals surface area (Å²) < 4.78 is 5.52. The summed E-state index contributed by atoms with van der Waals surface area (Å²) in [6.45, 7) is 1.09. The Bertz CT molecular complexity index is 1230. The molecule has 5 atom stereocenters. The molecule has 6 N–H and O–H groups in total. The van der Waals surface area contributed by atoms with E-state index in [9.17, 15) is 34.8 Å². The summed E-state index contributed by atoms with van der Waals surface area (Å²) in [4.78, 5) is 40.5. The predicted molar refractivity (Wildman–Crippen MR) is 122 cm³/mol. The zero-order chi connectivity index (χ0) is 25.4. The third kappa shape index (κ3) is 3.10. The number of allylic oxidation sites excluding steroid dienone is 1. The van der Waals surface area contributed by atoms with Crippen LogP contribution in [0.1, 0.15) is 40.2 Å². The van der Waals surface area contributed by atoms with Gasteiger partial charge in [0.15, 0.2) is 11.4 Å². The van der Waals surface area contributed by atoms with Gasteiger partial charge < -0.3 is 30.9 Å². The van der Waals surface area contributed by atoms with Gasteiger partial charge in [-0.2, -0.15) is 0 Å². The van der Waals surface area contributed by atoms with Crippen LogP contribution in [0.3, 0.4) is 0 Å². The monoisotopic (exact) mass is 484 g/mol. The van der Waals surface area contributed by atoms with Crippen molar-refractivity contribution in [3.63, 3.8) is 0 Å². The number of amides is 1. The van der Waals surface area contributed by atoms with Crippen LogP contribution in [0.2, 0.25) is 0 Å². The molecule has 1 saturated heterocycles. The maximum absolute atomic E-state index is 13.7. The molecule has 0 aromatic heterocycles. The van der Waals surface area contributed by atoms with Gasteiger partial charge >= 0.3 is 0 Å². The number of carbonyl (C=O) groups excluding carboxylic acids is 3. The van der Waals surface area contributed by atoms with Crippen molar-refractivity contribution in [3.05, 3.63) is 51.5 Å². The number of nitrogens with two attached hydrogens (primary N) is 1. The predicted octanol–water partition coefficient (Wildman–Crippen LogP) is 0.625. The molecule has 1 heterocycles. The van der Waals surface area contributed by atoms with E-state index >= 15 is 0 Å². The molecule has 0 spiro atoms. The van der Waals surface area contributed by atoms with Gasteiger partial charge in [0.05, 0.1) is 18.2 Å². The van der Waals surface area contributed by atoms with Crippen molar-refractivity contribution in [3.8, 4) is 5.75 Å². The summed E-state index contributed by atoms with van der Waals surface area (Å²) in [7, 11) is 3.20. The van der Waals surface area contributed by atoms with Crippen LogP contribution < -0.4 is 5.73 Å². The van der Waals surface area contributed by atoms with Crippen LogP contribution >= 0.6 is 0 Å². The summed E-state index contributed by atoms with van der Waals surface area (Å²) in [6.07, 6.45) is 1.13. The molecule has 1 aromatic rings. The fourth-order valence-electron chi connectivity index (χ4n) is 6.44. The Kier molecular flexibility index (Phi) is 5.31. The first-order valence-electron chi connectivity index (χ1n) is 11.6. The van der Waals surface area contributed by atoms with Crippen LogP contribution in [0.15, 0.2) is 34.8 Å². The van der Waals surface area contributed by atoms with E-state index in [1.807, 2.05) is 0 Å². The largest absolute Gasteiger partial charge is 0.510 e. The summed E-state index contributed by atoms with van der Waals surface area (Å²) in [5.74, 6) is -6.40. The van der Waals surface area contributed by atoms with Crippen LogP contribution in [0.25, 0.3) is 0 Å². The van der Waals surface area contributed by atoms with E-state index in [2.05, 4.69) is 0 Å². The fraction of sp³-hybridized carbons (Fsp3) is 0.480. The van der Waals surface area contributed by atoms with Gasteiger partial charge in [-0.25, -0.2) is 0 Å². The first-order valence-corrected chi connectivity index (χ1v) is 11.6. The number of carbonyl (C=O) groups is 3. The number of Topliss-reactive ketones (excluding diaryl/α,β-unsaturated/α-hetero) is 2. The lowest BCUT2D eigenvalue weighted by molar-refractivity contribution is -0.148. The number of aromatic hydroxyl groups is 1. The second-order valence-corrected chi connectivity index (χ2v) is 10.1. The Morgan fingerprint density at radius 1 is 1.17 bits per heavy atom. The molecule has 10 nitrogen and oxygen atoms in total. The minimum absolute atomic E-state index is 0.0372. The van der Waals surface area contributed by atoms with Crippen LogP contribution in [0.4, 0.5) is 0 Å². The maximum Gasteiger partial charge on any atom is 0.255 e. The normalized spacial score (nSPS) is 32.6. The second-order valence-electron chi connectivity index (χ2n) is 10.1. The van der Waals surface area contributed by atoms with E-state index < -0.39 is 58.0 Å². The van der Waals surface area contributed by atoms with Gasteiger partial charge in [0, 0.05) is 24.0 Å². The van der Waals surface area contributed by atoms with Gasteiger partial charge in [-0.1, -0.05) is 6.07 Å². The van der Waals surface area contributed by atoms with Crippen molar-refractivity contribution in [2.45, 2.75) is 36.8 Å². The van der Waals surface area contributed by atoms with Crippen molar-refractivity contribution < 1.29 is 39.5 Å². The number of primary amides is 1. The van der Waals surface area contributed by atoms with Gasteiger partial charge in [-0.3, -0.25) is 19.3 Å². The highest BCUT2D eigenvalue weighted by Gasteiger charge is 2.63. The first kappa shape index (κ1) is 23.5. The second kappa shape index (κ2) is 7.91. The van der Waals surface area contributed by atoms with Crippen molar-refractivity contribution in [2.24, 2.45) is 17.6 Å². The Balaban J connectivity index is 1.70. The van der Waals surface area contributed by atoms with E-state index in [1.165, 1.54) is 11.0 Å². The summed E-state index contributed by atoms with van der Waals surface area (Å²) in [5.41, 5.74) is 3.34. The summed E-state index contributed by atoms with van der Waals surface area (Å²) in [6, 6.07) is 2.21. The average Bonchev–Trinajstić information content (AvgIpc) is 3.30. The number of phenols is 1. The molecule has 1 aromatic carbocycles. The zero-order valence-corrected chi connectivity index (χ0v) is 19.4. The van der Waals surface area contributed by atoms with Gasteiger partial charge in [-0.15, -0.1) is 0 Å². The minimum atomic E-state index is -2.63. The first-order chi connectivity index (χ1) is 16.5. The molecule has 0 radical (unpaired) electrons. The van der Waals surface area contributed by atoms with Crippen LogP contribution in [0, 0.1) is 11.8 Å². The van der Waals surface area contributed by atoms with E-state index in [0.29, 0.717) is 18.8 Å². The molecule has 186 valence electrons. The van der Waals surface area contributed by atoms with E-state index in [4.69, 9.17) is 10.5 Å². The maximum atomic E-state index is 13.7. The number of ether oxygens (including phenoxy) is 1. The highest BCUT2D eigenvalue weighted by Crippen LogP contribution is 2.53. The number of ketones is 2. The molecule has 0 bridgehead atoms. The van der Waals surface area contributed by atoms with E-state index in [1.54, 1.807) is 20.2 Å². The fourth-order valence-corrected chi connectivity index (χ4v) is 6.44. The summed E-state index contributed by atoms with van der Waals surface area (Å²) in [5, 5.41) is 44.3. The number of aliphatic hydroxyl groups is 3. The number of aliphatic hydroxyl groups excluding tert-OH is 2. The van der Waals surface area contributed by atoms with Crippen molar-refractivity contribution in [1.29, 1.82) is 0 Å². The molecule has 5 rings (SSSR count). The third-order valence-corrected chi connectivity index (χ3v) is 8.01. The Morgan fingerprint density at radius 2 is 1.89 bits per heavy atom. The number of rotatable bonds is 3. The number of fused-ring (bicyclic) bond motifs is 3. The average molecular weight is 485 g/mol. The zero-order valence-electron chi connectivity index (χ0n) is 19.4. The minimum Gasteiger partial charge on any atom is -0.510 e. The molecule has 1 aliphatic heterocycles. The Morgan fingerprint density at radius 3 is 2.49 bits per heavy atom. The molecule has 0 saturated carbocycles. The lowest BCUT2D eigenvalue weighted by atomic mass is 9.58. The molecule has 1 amide bonds. The molecule has 1 fully saturated rings. The van der Waals surface area contributed by atoms with E-state index in [0.717, 1.165) is 12.0 Å².